The van der Waals surface area contributed by atoms with Gasteiger partial charge in [0, 0.05) is 19.3 Å². The third kappa shape index (κ3) is 62.2. The molecule has 0 amide bonds. The molecule has 0 aromatic heterocycles. The summed E-state index contributed by atoms with van der Waals surface area (Å²) in [5.74, 6) is -0.868. The summed E-state index contributed by atoms with van der Waals surface area (Å²) in [6.07, 6.45) is 81.5. The van der Waals surface area contributed by atoms with Crippen LogP contribution in [0, 0.1) is 0 Å². The number of hydrogen-bond acceptors (Lipinski definition) is 6. The average molecular weight is 1070 g/mol. The number of allylic oxidation sites excluding steroid dienone is 8. The largest absolute Gasteiger partial charge is 0.462 e. The quantitative estimate of drug-likeness (QED) is 0.0261. The minimum atomic E-state index is -0.776. The van der Waals surface area contributed by atoms with Crippen molar-refractivity contribution in [3.63, 3.8) is 0 Å². The lowest BCUT2D eigenvalue weighted by Gasteiger charge is -2.18. The van der Waals surface area contributed by atoms with Crippen molar-refractivity contribution in [1.29, 1.82) is 0 Å². The molecule has 0 N–H and O–H groups in total. The highest BCUT2D eigenvalue weighted by Crippen LogP contribution is 2.18. The second-order valence-electron chi connectivity index (χ2n) is 22.7. The molecule has 1 unspecified atom stereocenters. The molecule has 6 nitrogen and oxygen atoms in total. The fourth-order valence-corrected chi connectivity index (χ4v) is 9.96. The molecule has 0 aromatic rings. The Morgan fingerprint density at radius 2 is 0.487 bits per heavy atom. The van der Waals surface area contributed by atoms with Crippen molar-refractivity contribution < 1.29 is 28.6 Å². The molecule has 0 saturated carbocycles. The first kappa shape index (κ1) is 73.4. The van der Waals surface area contributed by atoms with E-state index in [4.69, 9.17) is 14.2 Å². The fraction of sp³-hybridized carbons (Fsp3) is 0.843. The molecular formula is C70H128O6. The smallest absolute Gasteiger partial charge is 0.306 e. The predicted molar refractivity (Wildman–Crippen MR) is 330 cm³/mol. The summed E-state index contributed by atoms with van der Waals surface area (Å²) in [5, 5.41) is 0. The highest BCUT2D eigenvalue weighted by molar-refractivity contribution is 5.71. The van der Waals surface area contributed by atoms with E-state index in [9.17, 15) is 14.4 Å². The molecule has 0 fully saturated rings. The van der Waals surface area contributed by atoms with E-state index in [1.54, 1.807) is 0 Å². The van der Waals surface area contributed by atoms with E-state index in [2.05, 4.69) is 69.4 Å². The van der Waals surface area contributed by atoms with E-state index < -0.39 is 6.10 Å². The molecule has 0 aliphatic rings. The summed E-state index contributed by atoms with van der Waals surface area (Å²) in [6.45, 7) is 6.62. The third-order valence-corrected chi connectivity index (χ3v) is 15.1. The normalized spacial score (nSPS) is 12.3. The van der Waals surface area contributed by atoms with Crippen LogP contribution in [-0.2, 0) is 28.6 Å². The van der Waals surface area contributed by atoms with Crippen LogP contribution in [0.5, 0.6) is 0 Å². The van der Waals surface area contributed by atoms with Crippen LogP contribution in [0.1, 0.15) is 361 Å². The average Bonchev–Trinajstić information content (AvgIpc) is 3.42. The molecular weight excluding hydrogens is 937 g/mol. The molecule has 0 bridgehead atoms. The number of rotatable bonds is 62. The van der Waals surface area contributed by atoms with Crippen molar-refractivity contribution >= 4 is 17.9 Å². The van der Waals surface area contributed by atoms with Crippen molar-refractivity contribution in [2.24, 2.45) is 0 Å². The molecule has 0 aliphatic carbocycles. The standard InChI is InChI=1S/C70H128O6/c1-4-7-10-13-16-19-22-24-26-27-28-29-30-31-32-33-34-35-36-37-38-39-40-41-42-43-44-46-48-51-54-57-60-63-69(72)75-66-67(65-74-68(71)62-59-56-53-50-47-21-18-15-12-9-6-3)76-70(73)64-61-58-55-52-49-45-25-23-20-17-14-11-8-5-2/h14,17,22-25,27-28,67H,4-13,15-16,18-21,26,29-66H2,1-3H3/b17-14-,24-22-,25-23-,28-27-. The van der Waals surface area contributed by atoms with Gasteiger partial charge in [-0.25, -0.2) is 0 Å². The van der Waals surface area contributed by atoms with Gasteiger partial charge in [0.15, 0.2) is 6.10 Å². The first-order valence-corrected chi connectivity index (χ1v) is 33.6. The second kappa shape index (κ2) is 64.9. The van der Waals surface area contributed by atoms with Gasteiger partial charge in [-0.15, -0.1) is 0 Å². The summed E-state index contributed by atoms with van der Waals surface area (Å²) in [7, 11) is 0. The van der Waals surface area contributed by atoms with Crippen LogP contribution in [0.25, 0.3) is 0 Å². The number of carbonyl (C=O) groups is 3. The van der Waals surface area contributed by atoms with Crippen molar-refractivity contribution in [3.8, 4) is 0 Å². The first-order chi connectivity index (χ1) is 37.5. The highest BCUT2D eigenvalue weighted by Gasteiger charge is 2.19. The van der Waals surface area contributed by atoms with Gasteiger partial charge in [0.05, 0.1) is 0 Å². The van der Waals surface area contributed by atoms with Gasteiger partial charge in [0.25, 0.3) is 0 Å². The summed E-state index contributed by atoms with van der Waals surface area (Å²) in [6, 6.07) is 0. The van der Waals surface area contributed by atoms with Gasteiger partial charge < -0.3 is 14.2 Å². The molecule has 444 valence electrons. The Morgan fingerprint density at radius 3 is 0.763 bits per heavy atom. The van der Waals surface area contributed by atoms with E-state index in [1.807, 2.05) is 0 Å². The lowest BCUT2D eigenvalue weighted by atomic mass is 10.0. The summed E-state index contributed by atoms with van der Waals surface area (Å²) in [4.78, 5) is 38.2. The Balaban J connectivity index is 4.05. The number of carbonyl (C=O) groups excluding carboxylic acids is 3. The van der Waals surface area contributed by atoms with Crippen molar-refractivity contribution in [3.05, 3.63) is 48.6 Å². The lowest BCUT2D eigenvalue weighted by molar-refractivity contribution is -0.167. The van der Waals surface area contributed by atoms with Gasteiger partial charge in [-0.1, -0.05) is 313 Å². The van der Waals surface area contributed by atoms with Crippen molar-refractivity contribution in [2.45, 2.75) is 367 Å². The Morgan fingerprint density at radius 1 is 0.263 bits per heavy atom. The van der Waals surface area contributed by atoms with Gasteiger partial charge in [-0.3, -0.25) is 14.4 Å². The maximum atomic E-state index is 12.9. The Hall–Kier alpha value is -2.63. The SMILES string of the molecule is CCCC/C=C\C/C=C\CCCCCCCC(=O)OC(COC(=O)CCCCCCCCCCCCC)COC(=O)CCCCCCCCCCCCCCCCCCCCCCC/C=C\C/C=C\CCCCCCC. The number of hydrogen-bond donors (Lipinski definition) is 0. The zero-order valence-electron chi connectivity index (χ0n) is 51.0. The fourth-order valence-electron chi connectivity index (χ4n) is 9.96. The third-order valence-electron chi connectivity index (χ3n) is 15.1. The molecule has 0 heterocycles. The summed E-state index contributed by atoms with van der Waals surface area (Å²) in [5.41, 5.74) is 0. The van der Waals surface area contributed by atoms with Crippen molar-refractivity contribution in [2.75, 3.05) is 13.2 Å². The van der Waals surface area contributed by atoms with Gasteiger partial charge in [0.2, 0.25) is 0 Å². The first-order valence-electron chi connectivity index (χ1n) is 33.6. The second-order valence-corrected chi connectivity index (χ2v) is 22.7. The number of unbranched alkanes of at least 4 members (excludes halogenated alkanes) is 43. The molecule has 0 rings (SSSR count). The topological polar surface area (TPSA) is 78.9 Å². The monoisotopic (exact) mass is 1060 g/mol. The number of esters is 3. The van der Waals surface area contributed by atoms with Crippen LogP contribution in [0.2, 0.25) is 0 Å². The number of ether oxygens (including phenoxy) is 3. The van der Waals surface area contributed by atoms with Crippen LogP contribution in [-0.4, -0.2) is 37.2 Å². The van der Waals surface area contributed by atoms with Crippen molar-refractivity contribution in [1.82, 2.24) is 0 Å². The minimum Gasteiger partial charge on any atom is -0.462 e. The molecule has 0 aliphatic heterocycles. The van der Waals surface area contributed by atoms with Crippen LogP contribution in [0.3, 0.4) is 0 Å². The molecule has 76 heavy (non-hydrogen) atoms. The Kier molecular flexibility index (Phi) is 62.6. The summed E-state index contributed by atoms with van der Waals surface area (Å²) >= 11 is 0. The van der Waals surface area contributed by atoms with E-state index in [1.165, 1.54) is 231 Å². The molecule has 0 aromatic carbocycles. The van der Waals surface area contributed by atoms with Crippen LogP contribution >= 0.6 is 0 Å². The van der Waals surface area contributed by atoms with Crippen LogP contribution in [0.15, 0.2) is 48.6 Å². The molecule has 0 radical (unpaired) electrons. The lowest BCUT2D eigenvalue weighted by Crippen LogP contribution is -2.30. The van der Waals surface area contributed by atoms with E-state index >= 15 is 0 Å². The van der Waals surface area contributed by atoms with E-state index in [0.29, 0.717) is 19.3 Å². The van der Waals surface area contributed by atoms with Crippen LogP contribution in [0.4, 0.5) is 0 Å². The van der Waals surface area contributed by atoms with Gasteiger partial charge in [-0.2, -0.15) is 0 Å². The summed E-state index contributed by atoms with van der Waals surface area (Å²) < 4.78 is 16.9. The van der Waals surface area contributed by atoms with Gasteiger partial charge >= 0.3 is 17.9 Å². The molecule has 0 spiro atoms. The minimum absolute atomic E-state index is 0.0738. The maximum Gasteiger partial charge on any atom is 0.306 e. The van der Waals surface area contributed by atoms with Gasteiger partial charge in [-0.05, 0) is 77.0 Å². The molecule has 0 saturated heterocycles. The van der Waals surface area contributed by atoms with E-state index in [-0.39, 0.29) is 31.1 Å². The zero-order valence-corrected chi connectivity index (χ0v) is 51.0. The highest BCUT2D eigenvalue weighted by atomic mass is 16.6. The van der Waals surface area contributed by atoms with E-state index in [0.717, 1.165) is 89.9 Å². The zero-order chi connectivity index (χ0) is 55.0. The molecule has 1 atom stereocenters. The Bertz CT molecular complexity index is 1310. The molecule has 6 heteroatoms. The Labute approximate surface area is 473 Å². The van der Waals surface area contributed by atoms with Gasteiger partial charge in [0.1, 0.15) is 13.2 Å². The maximum absolute atomic E-state index is 12.9. The predicted octanol–water partition coefficient (Wildman–Crippen LogP) is 22.9. The van der Waals surface area contributed by atoms with Crippen LogP contribution < -0.4 is 0 Å².